The van der Waals surface area contributed by atoms with E-state index in [0.29, 0.717) is 5.56 Å². The Balaban J connectivity index is 2.46. The molecule has 2 rings (SSSR count). The third-order valence-electron chi connectivity index (χ3n) is 2.24. The van der Waals surface area contributed by atoms with Crippen LogP contribution in [0.4, 0.5) is 0 Å². The fourth-order valence-corrected chi connectivity index (χ4v) is 1.41. The zero-order valence-corrected chi connectivity index (χ0v) is 8.33. The Bertz CT molecular complexity index is 530. The summed E-state index contributed by atoms with van der Waals surface area (Å²) in [5, 5.41) is 19.4. The second-order valence-electron chi connectivity index (χ2n) is 3.31. The van der Waals surface area contributed by atoms with Crippen molar-refractivity contribution in [3.05, 3.63) is 64.2 Å². The molecule has 4 nitrogen and oxygen atoms in total. The van der Waals surface area contributed by atoms with E-state index in [4.69, 9.17) is 4.42 Å². The van der Waals surface area contributed by atoms with E-state index in [1.54, 1.807) is 30.3 Å². The Kier molecular flexibility index (Phi) is 2.74. The molecule has 0 radical (unpaired) electrons. The minimum Gasteiger partial charge on any atom is -0.502 e. The van der Waals surface area contributed by atoms with E-state index in [1.165, 1.54) is 0 Å². The van der Waals surface area contributed by atoms with Gasteiger partial charge in [0.1, 0.15) is 6.10 Å². The standard InChI is InChI=1S/C12H10O4/c13-9-6-7-16-12(11(9)15)10(14)8-4-2-1-3-5-8/h1-7,10,14-15H. The van der Waals surface area contributed by atoms with Gasteiger partial charge in [-0.2, -0.15) is 0 Å². The van der Waals surface area contributed by atoms with Crippen LogP contribution in [0.15, 0.2) is 51.9 Å². The Morgan fingerprint density at radius 3 is 2.50 bits per heavy atom. The van der Waals surface area contributed by atoms with Crippen molar-refractivity contribution in [1.82, 2.24) is 0 Å². The molecule has 0 spiro atoms. The van der Waals surface area contributed by atoms with Gasteiger partial charge in [0.15, 0.2) is 5.76 Å². The van der Waals surface area contributed by atoms with E-state index in [-0.39, 0.29) is 5.76 Å². The largest absolute Gasteiger partial charge is 0.502 e. The van der Waals surface area contributed by atoms with Gasteiger partial charge in [0, 0.05) is 6.07 Å². The molecular formula is C12H10O4. The first-order chi connectivity index (χ1) is 7.70. The topological polar surface area (TPSA) is 70.7 Å². The molecule has 1 atom stereocenters. The summed E-state index contributed by atoms with van der Waals surface area (Å²) in [5.74, 6) is -0.697. The average molecular weight is 218 g/mol. The number of aromatic hydroxyl groups is 1. The smallest absolute Gasteiger partial charge is 0.226 e. The molecule has 2 N–H and O–H groups in total. The molecule has 1 unspecified atom stereocenters. The zero-order chi connectivity index (χ0) is 11.5. The van der Waals surface area contributed by atoms with Crippen molar-refractivity contribution in [3.8, 4) is 5.75 Å². The summed E-state index contributed by atoms with van der Waals surface area (Å²) in [6.45, 7) is 0. The van der Waals surface area contributed by atoms with Crippen LogP contribution in [0.1, 0.15) is 17.4 Å². The van der Waals surface area contributed by atoms with E-state index in [0.717, 1.165) is 12.3 Å². The molecule has 0 aliphatic rings. The lowest BCUT2D eigenvalue weighted by Gasteiger charge is -2.10. The van der Waals surface area contributed by atoms with Crippen molar-refractivity contribution < 1.29 is 14.6 Å². The predicted molar refractivity (Wildman–Crippen MR) is 57.1 cm³/mol. The van der Waals surface area contributed by atoms with Gasteiger partial charge >= 0.3 is 0 Å². The second kappa shape index (κ2) is 4.20. The van der Waals surface area contributed by atoms with Crippen molar-refractivity contribution >= 4 is 0 Å². The van der Waals surface area contributed by atoms with Crippen LogP contribution in [-0.4, -0.2) is 10.2 Å². The van der Waals surface area contributed by atoms with E-state index < -0.39 is 17.3 Å². The molecule has 1 aromatic carbocycles. The predicted octanol–water partition coefficient (Wildman–Crippen LogP) is 1.43. The van der Waals surface area contributed by atoms with Gasteiger partial charge in [-0.3, -0.25) is 4.79 Å². The molecule has 82 valence electrons. The van der Waals surface area contributed by atoms with Gasteiger partial charge in [-0.15, -0.1) is 0 Å². The van der Waals surface area contributed by atoms with Crippen LogP contribution in [0.2, 0.25) is 0 Å². The lowest BCUT2D eigenvalue weighted by Crippen LogP contribution is -2.06. The molecule has 0 saturated heterocycles. The monoisotopic (exact) mass is 218 g/mol. The molecule has 0 fully saturated rings. The first-order valence-corrected chi connectivity index (χ1v) is 4.74. The molecule has 1 heterocycles. The Hall–Kier alpha value is -2.07. The molecular weight excluding hydrogens is 208 g/mol. The number of benzene rings is 1. The molecule has 0 saturated carbocycles. The highest BCUT2D eigenvalue weighted by atomic mass is 16.4. The minimum atomic E-state index is -1.14. The fourth-order valence-electron chi connectivity index (χ4n) is 1.41. The van der Waals surface area contributed by atoms with Crippen LogP contribution >= 0.6 is 0 Å². The zero-order valence-electron chi connectivity index (χ0n) is 8.33. The summed E-state index contributed by atoms with van der Waals surface area (Å²) in [5.41, 5.74) is -0.0246. The van der Waals surface area contributed by atoms with Crippen molar-refractivity contribution in [2.45, 2.75) is 6.10 Å². The summed E-state index contributed by atoms with van der Waals surface area (Å²) >= 11 is 0. The van der Waals surface area contributed by atoms with Gasteiger partial charge < -0.3 is 14.6 Å². The number of rotatable bonds is 2. The maximum Gasteiger partial charge on any atom is 0.226 e. The number of aliphatic hydroxyl groups excluding tert-OH is 1. The van der Waals surface area contributed by atoms with Crippen LogP contribution in [0.5, 0.6) is 5.75 Å². The van der Waals surface area contributed by atoms with E-state index in [9.17, 15) is 15.0 Å². The highest BCUT2D eigenvalue weighted by Crippen LogP contribution is 2.26. The summed E-state index contributed by atoms with van der Waals surface area (Å²) in [6, 6.07) is 9.75. The van der Waals surface area contributed by atoms with Gasteiger partial charge in [0.05, 0.1) is 6.26 Å². The highest BCUT2D eigenvalue weighted by Gasteiger charge is 2.18. The molecule has 2 aromatic rings. The van der Waals surface area contributed by atoms with Crippen molar-refractivity contribution in [2.24, 2.45) is 0 Å². The number of aliphatic hydroxyl groups is 1. The molecule has 0 aliphatic heterocycles. The van der Waals surface area contributed by atoms with Crippen molar-refractivity contribution in [3.63, 3.8) is 0 Å². The van der Waals surface area contributed by atoms with Gasteiger partial charge in [-0.25, -0.2) is 0 Å². The number of hydrogen-bond donors (Lipinski definition) is 2. The van der Waals surface area contributed by atoms with Crippen molar-refractivity contribution in [2.75, 3.05) is 0 Å². The fraction of sp³-hybridized carbons (Fsp3) is 0.0833. The summed E-state index contributed by atoms with van der Waals surface area (Å²) < 4.78 is 4.96. The van der Waals surface area contributed by atoms with Crippen LogP contribution in [0.3, 0.4) is 0 Å². The summed E-state index contributed by atoms with van der Waals surface area (Å²) in [7, 11) is 0. The molecule has 4 heteroatoms. The quantitative estimate of drug-likeness (QED) is 0.799. The Morgan fingerprint density at radius 2 is 1.81 bits per heavy atom. The Labute approximate surface area is 91.4 Å². The van der Waals surface area contributed by atoms with Gasteiger partial charge in [0.2, 0.25) is 11.2 Å². The maximum atomic E-state index is 11.2. The molecule has 0 bridgehead atoms. The third-order valence-corrected chi connectivity index (χ3v) is 2.24. The molecule has 16 heavy (non-hydrogen) atoms. The molecule has 0 aliphatic carbocycles. The van der Waals surface area contributed by atoms with Gasteiger partial charge in [-0.05, 0) is 5.56 Å². The summed E-state index contributed by atoms with van der Waals surface area (Å²) in [4.78, 5) is 11.2. The minimum absolute atomic E-state index is 0.140. The van der Waals surface area contributed by atoms with Crippen molar-refractivity contribution in [1.29, 1.82) is 0 Å². The first-order valence-electron chi connectivity index (χ1n) is 4.74. The van der Waals surface area contributed by atoms with Gasteiger partial charge in [-0.1, -0.05) is 30.3 Å². The normalized spacial score (nSPS) is 12.3. The SMILES string of the molecule is O=c1ccoc(C(O)c2ccccc2)c1O. The maximum absolute atomic E-state index is 11.2. The van der Waals surface area contributed by atoms with E-state index >= 15 is 0 Å². The van der Waals surface area contributed by atoms with Gasteiger partial charge in [0.25, 0.3) is 0 Å². The van der Waals surface area contributed by atoms with E-state index in [2.05, 4.69) is 0 Å². The third kappa shape index (κ3) is 1.83. The van der Waals surface area contributed by atoms with Crippen LogP contribution in [-0.2, 0) is 0 Å². The van der Waals surface area contributed by atoms with Crippen LogP contribution < -0.4 is 5.43 Å². The first kappa shape index (κ1) is 10.4. The van der Waals surface area contributed by atoms with Crippen LogP contribution in [0.25, 0.3) is 0 Å². The summed E-state index contributed by atoms with van der Waals surface area (Å²) in [6.07, 6.45) is -0.00102. The Morgan fingerprint density at radius 1 is 1.12 bits per heavy atom. The van der Waals surface area contributed by atoms with Crippen LogP contribution in [0, 0.1) is 0 Å². The number of hydrogen-bond acceptors (Lipinski definition) is 4. The lowest BCUT2D eigenvalue weighted by molar-refractivity contribution is 0.179. The average Bonchev–Trinajstić information content (AvgIpc) is 2.33. The molecule has 1 aromatic heterocycles. The van der Waals surface area contributed by atoms with E-state index in [1.807, 2.05) is 0 Å². The molecule has 0 amide bonds. The second-order valence-corrected chi connectivity index (χ2v) is 3.31. The lowest BCUT2D eigenvalue weighted by atomic mass is 10.1. The highest BCUT2D eigenvalue weighted by molar-refractivity contribution is 5.32.